The Bertz CT molecular complexity index is 411. The number of carbonyl (C=O) groups is 1. The van der Waals surface area contributed by atoms with Gasteiger partial charge in [-0.3, -0.25) is 4.79 Å². The van der Waals surface area contributed by atoms with E-state index in [1.807, 2.05) is 4.90 Å². The Morgan fingerprint density at radius 2 is 2.16 bits per heavy atom. The zero-order valence-corrected chi connectivity index (χ0v) is 11.6. The van der Waals surface area contributed by atoms with Gasteiger partial charge in [0.15, 0.2) is 0 Å². The molecule has 1 unspecified atom stereocenters. The van der Waals surface area contributed by atoms with E-state index in [2.05, 4.69) is 17.2 Å². The van der Waals surface area contributed by atoms with Gasteiger partial charge in [0.25, 0.3) is 0 Å². The zero-order chi connectivity index (χ0) is 13.7. The molecule has 6 nitrogen and oxygen atoms in total. The minimum absolute atomic E-state index is 0.0798. The number of aromatic nitrogens is 3. The Morgan fingerprint density at radius 3 is 2.84 bits per heavy atom. The second-order valence-electron chi connectivity index (χ2n) is 5.18. The van der Waals surface area contributed by atoms with Crippen LogP contribution in [0.5, 0.6) is 0 Å². The molecule has 2 N–H and O–H groups in total. The van der Waals surface area contributed by atoms with E-state index in [0.717, 1.165) is 44.5 Å². The molecule has 1 saturated heterocycles. The van der Waals surface area contributed by atoms with Gasteiger partial charge in [-0.25, -0.2) is 4.68 Å². The van der Waals surface area contributed by atoms with Crippen molar-refractivity contribution in [2.24, 2.45) is 5.73 Å². The van der Waals surface area contributed by atoms with Gasteiger partial charge in [-0.2, -0.15) is 0 Å². The minimum atomic E-state index is -0.0798. The van der Waals surface area contributed by atoms with Crippen molar-refractivity contribution in [2.75, 3.05) is 13.1 Å². The fraction of sp³-hybridized carbons (Fsp3) is 0.769. The molecule has 1 aliphatic heterocycles. The summed E-state index contributed by atoms with van der Waals surface area (Å²) in [7, 11) is 0. The highest BCUT2D eigenvalue weighted by Crippen LogP contribution is 2.13. The van der Waals surface area contributed by atoms with E-state index in [-0.39, 0.29) is 18.5 Å². The molecule has 106 valence electrons. The summed E-state index contributed by atoms with van der Waals surface area (Å²) in [6, 6.07) is -0.0798. The number of nitrogens with two attached hydrogens (primary N) is 1. The van der Waals surface area contributed by atoms with Crippen molar-refractivity contribution in [1.29, 1.82) is 0 Å². The van der Waals surface area contributed by atoms with Gasteiger partial charge >= 0.3 is 0 Å². The predicted molar refractivity (Wildman–Crippen MR) is 72.3 cm³/mol. The fourth-order valence-corrected chi connectivity index (χ4v) is 2.40. The number of nitrogens with zero attached hydrogens (tertiary/aromatic N) is 4. The maximum atomic E-state index is 12.1. The first-order chi connectivity index (χ1) is 9.20. The van der Waals surface area contributed by atoms with E-state index in [0.29, 0.717) is 0 Å². The first-order valence-corrected chi connectivity index (χ1v) is 7.14. The van der Waals surface area contributed by atoms with Crippen molar-refractivity contribution in [2.45, 2.75) is 51.6 Å². The van der Waals surface area contributed by atoms with Crippen LogP contribution in [0.2, 0.25) is 0 Å². The molecule has 19 heavy (non-hydrogen) atoms. The summed E-state index contributed by atoms with van der Waals surface area (Å²) < 4.78 is 1.60. The lowest BCUT2D eigenvalue weighted by Crippen LogP contribution is -2.37. The number of rotatable bonds is 5. The molecule has 1 fully saturated rings. The van der Waals surface area contributed by atoms with Crippen LogP contribution in [0.3, 0.4) is 0 Å². The molecule has 1 aromatic rings. The van der Waals surface area contributed by atoms with Crippen LogP contribution in [0, 0.1) is 0 Å². The van der Waals surface area contributed by atoms with Crippen LogP contribution >= 0.6 is 0 Å². The van der Waals surface area contributed by atoms with Gasteiger partial charge in [0.05, 0.1) is 17.9 Å². The van der Waals surface area contributed by atoms with Crippen molar-refractivity contribution in [3.63, 3.8) is 0 Å². The second kappa shape index (κ2) is 6.65. The molecule has 1 amide bonds. The topological polar surface area (TPSA) is 77.0 Å². The zero-order valence-electron chi connectivity index (χ0n) is 11.6. The smallest absolute Gasteiger partial charge is 0.244 e. The molecule has 0 spiro atoms. The van der Waals surface area contributed by atoms with Crippen LogP contribution in [-0.4, -0.2) is 38.9 Å². The molecule has 0 bridgehead atoms. The summed E-state index contributed by atoms with van der Waals surface area (Å²) in [5.74, 6) is 0.125. The lowest BCUT2D eigenvalue weighted by Gasteiger charge is -2.26. The quantitative estimate of drug-likeness (QED) is 0.864. The van der Waals surface area contributed by atoms with E-state index in [1.54, 1.807) is 10.9 Å². The van der Waals surface area contributed by atoms with E-state index in [4.69, 9.17) is 5.73 Å². The van der Waals surface area contributed by atoms with Gasteiger partial charge in [-0.05, 0) is 25.7 Å². The largest absolute Gasteiger partial charge is 0.341 e. The van der Waals surface area contributed by atoms with Crippen LogP contribution in [-0.2, 0) is 11.3 Å². The Labute approximate surface area is 113 Å². The first-order valence-electron chi connectivity index (χ1n) is 7.14. The van der Waals surface area contributed by atoms with Crippen molar-refractivity contribution in [1.82, 2.24) is 19.9 Å². The Morgan fingerprint density at radius 1 is 1.42 bits per heavy atom. The molecule has 2 heterocycles. The molecule has 0 aromatic carbocycles. The SMILES string of the molecule is CCCC(N)c1cn(CC(=O)N2CCCCC2)nn1. The van der Waals surface area contributed by atoms with Crippen LogP contribution in [0.4, 0.5) is 0 Å². The Balaban J connectivity index is 1.90. The van der Waals surface area contributed by atoms with Crippen LogP contribution in [0.1, 0.15) is 50.8 Å². The van der Waals surface area contributed by atoms with Crippen molar-refractivity contribution >= 4 is 5.91 Å². The third-order valence-corrected chi connectivity index (χ3v) is 3.54. The summed E-state index contributed by atoms with van der Waals surface area (Å²) in [4.78, 5) is 14.0. The minimum Gasteiger partial charge on any atom is -0.341 e. The van der Waals surface area contributed by atoms with Crippen LogP contribution < -0.4 is 5.73 Å². The van der Waals surface area contributed by atoms with E-state index < -0.39 is 0 Å². The molecule has 1 aromatic heterocycles. The molecular weight excluding hydrogens is 242 g/mol. The summed E-state index contributed by atoms with van der Waals surface area (Å²) in [6.07, 6.45) is 7.14. The fourth-order valence-electron chi connectivity index (χ4n) is 2.40. The lowest BCUT2D eigenvalue weighted by molar-refractivity contribution is -0.132. The molecule has 1 atom stereocenters. The average Bonchev–Trinajstić information content (AvgIpc) is 2.88. The molecule has 0 radical (unpaired) electrons. The number of piperidine rings is 1. The summed E-state index contributed by atoms with van der Waals surface area (Å²) in [5, 5.41) is 8.04. The summed E-state index contributed by atoms with van der Waals surface area (Å²) in [6.45, 7) is 4.10. The average molecular weight is 265 g/mol. The monoisotopic (exact) mass is 265 g/mol. The number of hydrogen-bond acceptors (Lipinski definition) is 4. The maximum Gasteiger partial charge on any atom is 0.244 e. The number of likely N-dealkylation sites (tertiary alicyclic amines) is 1. The van der Waals surface area contributed by atoms with E-state index in [1.165, 1.54) is 6.42 Å². The molecule has 1 aliphatic rings. The van der Waals surface area contributed by atoms with Gasteiger partial charge in [-0.1, -0.05) is 18.6 Å². The third kappa shape index (κ3) is 3.76. The van der Waals surface area contributed by atoms with Crippen molar-refractivity contribution in [3.8, 4) is 0 Å². The van der Waals surface area contributed by atoms with Gasteiger partial charge in [0, 0.05) is 13.1 Å². The summed E-state index contributed by atoms with van der Waals surface area (Å²) >= 11 is 0. The van der Waals surface area contributed by atoms with Crippen molar-refractivity contribution < 1.29 is 4.79 Å². The standard InChI is InChI=1S/C13H23N5O/c1-2-6-11(14)12-9-18(16-15-12)10-13(19)17-7-4-3-5-8-17/h9,11H,2-8,10,14H2,1H3. The van der Waals surface area contributed by atoms with Gasteiger partial charge < -0.3 is 10.6 Å². The summed E-state index contributed by atoms with van der Waals surface area (Å²) in [5.41, 5.74) is 6.75. The molecule has 0 saturated carbocycles. The normalized spacial score (nSPS) is 17.5. The van der Waals surface area contributed by atoms with Crippen LogP contribution in [0.15, 0.2) is 6.20 Å². The Kier molecular flexibility index (Phi) is 4.90. The van der Waals surface area contributed by atoms with E-state index in [9.17, 15) is 4.79 Å². The number of hydrogen-bond donors (Lipinski definition) is 1. The highest BCUT2D eigenvalue weighted by molar-refractivity contribution is 5.75. The lowest BCUT2D eigenvalue weighted by atomic mass is 10.1. The highest BCUT2D eigenvalue weighted by atomic mass is 16.2. The van der Waals surface area contributed by atoms with Gasteiger partial charge in [-0.15, -0.1) is 5.10 Å². The molecular formula is C13H23N5O. The number of amides is 1. The second-order valence-corrected chi connectivity index (χ2v) is 5.18. The first kappa shape index (κ1) is 14.0. The number of carbonyl (C=O) groups excluding carboxylic acids is 1. The molecule has 0 aliphatic carbocycles. The maximum absolute atomic E-state index is 12.1. The highest BCUT2D eigenvalue weighted by Gasteiger charge is 2.18. The Hall–Kier alpha value is -1.43. The van der Waals surface area contributed by atoms with Crippen LogP contribution in [0.25, 0.3) is 0 Å². The van der Waals surface area contributed by atoms with Crippen molar-refractivity contribution in [3.05, 3.63) is 11.9 Å². The van der Waals surface area contributed by atoms with E-state index >= 15 is 0 Å². The molecule has 2 rings (SSSR count). The van der Waals surface area contributed by atoms with Gasteiger partial charge in [0.1, 0.15) is 6.54 Å². The van der Waals surface area contributed by atoms with Gasteiger partial charge in [0.2, 0.25) is 5.91 Å². The third-order valence-electron chi connectivity index (χ3n) is 3.54. The molecule has 6 heteroatoms. The predicted octanol–water partition coefficient (Wildman–Crippen LogP) is 1.09.